The summed E-state index contributed by atoms with van der Waals surface area (Å²) in [6.07, 6.45) is 2.69. The molecule has 94 valence electrons. The first-order chi connectivity index (χ1) is 8.15. The number of hydrogen-bond donors (Lipinski definition) is 0. The molecule has 1 aromatic rings. The lowest BCUT2D eigenvalue weighted by Gasteiger charge is -2.29. The summed E-state index contributed by atoms with van der Waals surface area (Å²) in [5.74, 6) is 1.53. The molecule has 1 aromatic carbocycles. The van der Waals surface area contributed by atoms with Crippen molar-refractivity contribution in [1.29, 1.82) is 0 Å². The number of benzene rings is 1. The molecule has 1 heterocycles. The lowest BCUT2D eigenvalue weighted by Crippen LogP contribution is -2.27. The van der Waals surface area contributed by atoms with Crippen LogP contribution in [0.25, 0.3) is 0 Å². The minimum absolute atomic E-state index is 0.622. The van der Waals surface area contributed by atoms with Crippen LogP contribution in [0.15, 0.2) is 29.2 Å². The topological polar surface area (TPSA) is 3.24 Å². The summed E-state index contributed by atoms with van der Waals surface area (Å²) < 4.78 is 2.51. The maximum Gasteiger partial charge on any atom is 0.0233 e. The molecule has 1 saturated heterocycles. The van der Waals surface area contributed by atoms with E-state index in [2.05, 4.69) is 49.3 Å². The van der Waals surface area contributed by atoms with E-state index < -0.39 is 0 Å². The van der Waals surface area contributed by atoms with Crippen LogP contribution in [0, 0.1) is 5.92 Å². The number of nitrogens with zero attached hydrogens (tertiary/aromatic N) is 1. The maximum atomic E-state index is 2.51. The number of piperidine rings is 1. The van der Waals surface area contributed by atoms with E-state index in [9.17, 15) is 0 Å². The molecule has 0 aromatic heterocycles. The Hall–Kier alpha value is -0.470. The first-order valence-electron chi connectivity index (χ1n) is 6.68. The summed E-state index contributed by atoms with van der Waals surface area (Å²) in [4.78, 5) is 1.39. The zero-order valence-electron chi connectivity index (χ0n) is 11.1. The second-order valence-corrected chi connectivity index (χ2v) is 6.60. The van der Waals surface area contributed by atoms with Gasteiger partial charge in [0.15, 0.2) is 0 Å². The summed E-state index contributed by atoms with van der Waals surface area (Å²) in [5, 5.41) is 0. The van der Waals surface area contributed by atoms with E-state index in [1.807, 2.05) is 11.9 Å². The predicted molar refractivity (Wildman–Crippen MR) is 76.4 cm³/mol. The highest BCUT2D eigenvalue weighted by molar-refractivity contribution is 7.97. The van der Waals surface area contributed by atoms with Crippen LogP contribution in [0.1, 0.15) is 45.1 Å². The van der Waals surface area contributed by atoms with E-state index in [-0.39, 0.29) is 0 Å². The first kappa shape index (κ1) is 13.0. The average molecular weight is 249 g/mol. The van der Waals surface area contributed by atoms with E-state index >= 15 is 0 Å². The Morgan fingerprint density at radius 2 is 1.94 bits per heavy atom. The molecule has 0 N–H and O–H groups in total. The van der Waals surface area contributed by atoms with Gasteiger partial charge in [-0.1, -0.05) is 32.9 Å². The van der Waals surface area contributed by atoms with E-state index in [0.717, 1.165) is 5.92 Å². The normalized spacial score (nSPS) is 18.8. The average Bonchev–Trinajstić information content (AvgIpc) is 2.32. The van der Waals surface area contributed by atoms with Gasteiger partial charge in [0.05, 0.1) is 0 Å². The van der Waals surface area contributed by atoms with E-state index in [1.165, 1.54) is 36.4 Å². The Bertz CT molecular complexity index is 354. The van der Waals surface area contributed by atoms with Crippen molar-refractivity contribution in [2.45, 2.75) is 44.4 Å². The fourth-order valence-electron chi connectivity index (χ4n) is 2.16. The summed E-state index contributed by atoms with van der Waals surface area (Å²) in [6.45, 7) is 9.34. The van der Waals surface area contributed by atoms with Crippen LogP contribution in [0.5, 0.6) is 0 Å². The first-order valence-corrected chi connectivity index (χ1v) is 7.45. The van der Waals surface area contributed by atoms with Crippen LogP contribution in [-0.2, 0) is 0 Å². The van der Waals surface area contributed by atoms with Gasteiger partial charge in [-0.15, -0.1) is 0 Å². The monoisotopic (exact) mass is 249 g/mol. The van der Waals surface area contributed by atoms with Gasteiger partial charge in [0.1, 0.15) is 0 Å². The van der Waals surface area contributed by atoms with Gasteiger partial charge in [-0.3, -0.25) is 0 Å². The van der Waals surface area contributed by atoms with Crippen LogP contribution < -0.4 is 0 Å². The van der Waals surface area contributed by atoms with E-state index in [1.54, 1.807) is 0 Å². The molecular formula is C15H23NS. The van der Waals surface area contributed by atoms with Crippen molar-refractivity contribution in [2.75, 3.05) is 13.1 Å². The zero-order chi connectivity index (χ0) is 12.3. The van der Waals surface area contributed by atoms with Gasteiger partial charge in [0, 0.05) is 18.0 Å². The minimum atomic E-state index is 0.622. The number of hydrogen-bond acceptors (Lipinski definition) is 2. The standard InChI is InChI=1S/C15H23NS/c1-12(2)14-5-4-6-15(11-14)17-16-9-7-13(3)8-10-16/h4-6,11-13H,7-10H2,1-3H3. The van der Waals surface area contributed by atoms with Gasteiger partial charge in [-0.05, 0) is 54.3 Å². The van der Waals surface area contributed by atoms with Gasteiger partial charge in [0.2, 0.25) is 0 Å². The summed E-state index contributed by atoms with van der Waals surface area (Å²) in [7, 11) is 0. The fraction of sp³-hybridized carbons (Fsp3) is 0.600. The molecule has 2 rings (SSSR count). The number of rotatable bonds is 3. The molecule has 0 spiro atoms. The van der Waals surface area contributed by atoms with Crippen molar-refractivity contribution in [3.63, 3.8) is 0 Å². The predicted octanol–water partition coefficient (Wildman–Crippen LogP) is 4.55. The van der Waals surface area contributed by atoms with Crippen molar-refractivity contribution in [3.8, 4) is 0 Å². The summed E-state index contributed by atoms with van der Waals surface area (Å²) in [5.41, 5.74) is 1.44. The largest absolute Gasteiger partial charge is 0.246 e. The molecule has 0 unspecified atom stereocenters. The molecule has 2 heteroatoms. The van der Waals surface area contributed by atoms with Gasteiger partial charge in [0.25, 0.3) is 0 Å². The van der Waals surface area contributed by atoms with Crippen molar-refractivity contribution in [2.24, 2.45) is 5.92 Å². The molecular weight excluding hydrogens is 226 g/mol. The molecule has 0 radical (unpaired) electrons. The third kappa shape index (κ3) is 3.75. The molecule has 1 aliphatic heterocycles. The van der Waals surface area contributed by atoms with Crippen LogP contribution in [0.3, 0.4) is 0 Å². The van der Waals surface area contributed by atoms with Crippen molar-refractivity contribution in [1.82, 2.24) is 4.31 Å². The molecule has 17 heavy (non-hydrogen) atoms. The molecule has 0 saturated carbocycles. The highest BCUT2D eigenvalue weighted by Gasteiger charge is 2.16. The van der Waals surface area contributed by atoms with Crippen LogP contribution in [-0.4, -0.2) is 17.4 Å². The minimum Gasteiger partial charge on any atom is -0.246 e. The molecule has 0 bridgehead atoms. The maximum absolute atomic E-state index is 2.51. The van der Waals surface area contributed by atoms with E-state index in [0.29, 0.717) is 5.92 Å². The van der Waals surface area contributed by atoms with Crippen LogP contribution >= 0.6 is 11.9 Å². The van der Waals surface area contributed by atoms with Crippen molar-refractivity contribution < 1.29 is 0 Å². The quantitative estimate of drug-likeness (QED) is 0.723. The Morgan fingerprint density at radius 3 is 2.59 bits per heavy atom. The van der Waals surface area contributed by atoms with Gasteiger partial charge in [-0.25, -0.2) is 4.31 Å². The summed E-state index contributed by atoms with van der Waals surface area (Å²) >= 11 is 1.93. The Labute approximate surface area is 110 Å². The van der Waals surface area contributed by atoms with Gasteiger partial charge in [-0.2, -0.15) is 0 Å². The molecule has 1 nitrogen and oxygen atoms in total. The fourth-order valence-corrected chi connectivity index (χ4v) is 3.18. The highest BCUT2D eigenvalue weighted by Crippen LogP contribution is 2.29. The Balaban J connectivity index is 1.96. The van der Waals surface area contributed by atoms with Gasteiger partial charge >= 0.3 is 0 Å². The summed E-state index contributed by atoms with van der Waals surface area (Å²) in [6, 6.07) is 8.99. The molecule has 0 amide bonds. The van der Waals surface area contributed by atoms with Gasteiger partial charge < -0.3 is 0 Å². The zero-order valence-corrected chi connectivity index (χ0v) is 12.0. The van der Waals surface area contributed by atoms with Crippen molar-refractivity contribution in [3.05, 3.63) is 29.8 Å². The van der Waals surface area contributed by atoms with Crippen LogP contribution in [0.4, 0.5) is 0 Å². The lowest BCUT2D eigenvalue weighted by atomic mass is 10.0. The molecule has 1 fully saturated rings. The highest BCUT2D eigenvalue weighted by atomic mass is 32.2. The van der Waals surface area contributed by atoms with E-state index in [4.69, 9.17) is 0 Å². The second-order valence-electron chi connectivity index (χ2n) is 5.43. The third-order valence-electron chi connectivity index (χ3n) is 3.50. The molecule has 0 aliphatic carbocycles. The Morgan fingerprint density at radius 1 is 1.24 bits per heavy atom. The molecule has 1 aliphatic rings. The SMILES string of the molecule is CC1CCN(Sc2cccc(C(C)C)c2)CC1. The van der Waals surface area contributed by atoms with Crippen molar-refractivity contribution >= 4 is 11.9 Å². The molecule has 0 atom stereocenters. The Kier molecular flexibility index (Phi) is 4.52. The lowest BCUT2D eigenvalue weighted by molar-refractivity contribution is 0.308. The van der Waals surface area contributed by atoms with Crippen LogP contribution in [0.2, 0.25) is 0 Å². The smallest absolute Gasteiger partial charge is 0.0233 e. The third-order valence-corrected chi connectivity index (χ3v) is 4.59. The second kappa shape index (κ2) is 5.92.